The molecule has 0 aromatic heterocycles. The van der Waals surface area contributed by atoms with E-state index in [2.05, 4.69) is 4.99 Å². The number of nitrogens with two attached hydrogens (primary N) is 2. The lowest BCUT2D eigenvalue weighted by atomic mass is 9.88. The average Bonchev–Trinajstić information content (AvgIpc) is 3.48. The standard InChI is InChI=1S/C63H103N3O20S/c1-43(26-19-15-11-10-12-16-20-27-44(2)62(81)82)60(79)46(4)55(75)33-21-17-13-8-6-5-7-9-14-18-22-34-59(86-87(83,84)85)45(3)56(76)41-53(73)38-49(69)29-23-28-47(67)36-52(72)37-48(68)30-24-31-51(71)40-57(77)61(80)58(78)42-54(74)39-50(70)32-25-35-66-63(64)65/h5-10,12-14,16-24,26-27,29-30,33,43,45-61,67-80H,11,15,25,28,31-32,34-42H2,1-4H3,(H,81,82)(H4,64,65,66)(H,83,84,85). The lowest BCUT2D eigenvalue weighted by Crippen LogP contribution is -2.41. The van der Waals surface area contributed by atoms with Crippen molar-refractivity contribution in [1.82, 2.24) is 0 Å². The molecule has 0 aliphatic rings. The Balaban J connectivity index is 4.83. The molecular formula is C63H103N3O20S. The van der Waals surface area contributed by atoms with Gasteiger partial charge >= 0.3 is 16.4 Å². The molecule has 23 nitrogen and oxygen atoms in total. The molecule has 0 fully saturated rings. The van der Waals surface area contributed by atoms with E-state index < -0.39 is 120 Å². The van der Waals surface area contributed by atoms with E-state index in [-0.39, 0.29) is 94.6 Å². The smallest absolute Gasteiger partial charge is 0.397 e. The van der Waals surface area contributed by atoms with E-state index in [0.29, 0.717) is 6.42 Å². The van der Waals surface area contributed by atoms with Crippen molar-refractivity contribution in [3.63, 3.8) is 0 Å². The van der Waals surface area contributed by atoms with Gasteiger partial charge in [0.25, 0.3) is 0 Å². The normalized spacial score (nSPS) is 19.9. The highest BCUT2D eigenvalue weighted by molar-refractivity contribution is 7.80. The Kier molecular flexibility index (Phi) is 45.1. The van der Waals surface area contributed by atoms with Crippen LogP contribution in [0.25, 0.3) is 0 Å². The van der Waals surface area contributed by atoms with Crippen LogP contribution in [0.2, 0.25) is 0 Å². The van der Waals surface area contributed by atoms with Gasteiger partial charge in [0.15, 0.2) is 5.96 Å². The zero-order chi connectivity index (χ0) is 65.9. The summed E-state index contributed by atoms with van der Waals surface area (Å²) in [6, 6.07) is 0. The lowest BCUT2D eigenvalue weighted by molar-refractivity contribution is -0.132. The molecule has 0 aliphatic heterocycles. The van der Waals surface area contributed by atoms with E-state index >= 15 is 0 Å². The zero-order valence-corrected chi connectivity index (χ0v) is 51.4. The largest absolute Gasteiger partial charge is 0.478 e. The van der Waals surface area contributed by atoms with Crippen LogP contribution in [-0.4, -0.2) is 200 Å². The van der Waals surface area contributed by atoms with Gasteiger partial charge in [-0.05, 0) is 71.1 Å². The minimum atomic E-state index is -4.93. The summed E-state index contributed by atoms with van der Waals surface area (Å²) in [5.41, 5.74) is 10.7. The van der Waals surface area contributed by atoms with Crippen molar-refractivity contribution in [1.29, 1.82) is 0 Å². The summed E-state index contributed by atoms with van der Waals surface area (Å²) < 4.78 is 37.6. The predicted octanol–water partition coefficient (Wildman–Crippen LogP) is 3.02. The van der Waals surface area contributed by atoms with Crippen molar-refractivity contribution in [3.8, 4) is 0 Å². The molecule has 20 N–H and O–H groups in total. The first-order valence-corrected chi connectivity index (χ1v) is 30.8. The first-order valence-electron chi connectivity index (χ1n) is 29.4. The Labute approximate surface area is 514 Å². The molecule has 0 heterocycles. The van der Waals surface area contributed by atoms with Crippen molar-refractivity contribution in [3.05, 3.63) is 145 Å². The van der Waals surface area contributed by atoms with E-state index in [1.807, 2.05) is 31.2 Å². The minimum Gasteiger partial charge on any atom is -0.478 e. The number of aliphatic hydroxyl groups excluding tert-OH is 14. The van der Waals surface area contributed by atoms with Crippen LogP contribution in [0.3, 0.4) is 0 Å². The fourth-order valence-corrected chi connectivity index (χ4v) is 9.13. The third-order valence-electron chi connectivity index (χ3n) is 13.8. The molecule has 496 valence electrons. The number of allylic oxidation sites excluding steroid dienone is 16. The van der Waals surface area contributed by atoms with Crippen LogP contribution in [0.15, 0.2) is 150 Å². The van der Waals surface area contributed by atoms with E-state index in [1.165, 1.54) is 44.2 Å². The van der Waals surface area contributed by atoms with Gasteiger partial charge in [-0.2, -0.15) is 8.42 Å². The second kappa shape index (κ2) is 47.9. The summed E-state index contributed by atoms with van der Waals surface area (Å²) in [6.07, 6.45) is 20.5. The minimum absolute atomic E-state index is 0.0164. The number of carbonyl (C=O) groups is 1. The Morgan fingerprint density at radius 1 is 0.494 bits per heavy atom. The number of guanidine groups is 1. The zero-order valence-electron chi connectivity index (χ0n) is 50.6. The number of unbranched alkanes of at least 4 members (excludes halogenated alkanes) is 1. The molecule has 0 bridgehead atoms. The van der Waals surface area contributed by atoms with Gasteiger partial charge in [-0.3, -0.25) is 9.55 Å². The maximum absolute atomic E-state index is 11.7. The third-order valence-corrected chi connectivity index (χ3v) is 14.3. The SMILES string of the molecule is CC(=CC=CC=CCCC=CC(C)C(O)C(C)C(O)C=CC=CC=CC=CC=CC=CCC(OS(=O)(=O)O)C(C)C(O)CC(O)CC(O)C=CCC(O)CC(O)CC(O)C=CCC(O)CC(O)C(O)C(O)CC(O)CC(O)CCCN=C(N)N)C(=O)O. The van der Waals surface area contributed by atoms with Crippen LogP contribution in [0.1, 0.15) is 118 Å². The lowest BCUT2D eigenvalue weighted by Gasteiger charge is -2.27. The van der Waals surface area contributed by atoms with E-state index in [0.717, 1.165) is 12.8 Å². The number of nitrogens with zero attached hydrogens (tertiary/aromatic N) is 1. The van der Waals surface area contributed by atoms with Crippen molar-refractivity contribution in [2.24, 2.45) is 34.2 Å². The van der Waals surface area contributed by atoms with Crippen LogP contribution in [0.5, 0.6) is 0 Å². The van der Waals surface area contributed by atoms with Crippen LogP contribution in [-0.2, 0) is 19.4 Å². The second-order valence-corrected chi connectivity index (χ2v) is 22.9. The third kappa shape index (κ3) is 44.1. The molecule has 0 aromatic carbocycles. The fourth-order valence-electron chi connectivity index (χ4n) is 8.56. The van der Waals surface area contributed by atoms with E-state index in [1.54, 1.807) is 92.0 Å². The molecule has 0 spiro atoms. The number of aliphatic imine (C=N–C) groups is 1. The van der Waals surface area contributed by atoms with Gasteiger partial charge in [0.05, 0.1) is 85.5 Å². The first-order chi connectivity index (χ1) is 40.9. The molecule has 0 amide bonds. The second-order valence-electron chi connectivity index (χ2n) is 21.9. The summed E-state index contributed by atoms with van der Waals surface area (Å²) in [7, 11) is -4.93. The van der Waals surface area contributed by atoms with Gasteiger partial charge in [-0.1, -0.05) is 161 Å². The molecule has 0 saturated carbocycles. The molecule has 0 aromatic rings. The Hall–Kier alpha value is -5.07. The highest BCUT2D eigenvalue weighted by Crippen LogP contribution is 2.24. The number of carboxylic acids is 1. The van der Waals surface area contributed by atoms with Crippen LogP contribution in [0, 0.1) is 17.8 Å². The number of hydrogen-bond donors (Lipinski definition) is 18. The number of aliphatic hydroxyl groups is 14. The maximum Gasteiger partial charge on any atom is 0.397 e. The molecule has 0 radical (unpaired) electrons. The summed E-state index contributed by atoms with van der Waals surface area (Å²) in [6.45, 7) is 6.93. The van der Waals surface area contributed by atoms with E-state index in [4.69, 9.17) is 20.8 Å². The molecule has 87 heavy (non-hydrogen) atoms. The van der Waals surface area contributed by atoms with Crippen molar-refractivity contribution >= 4 is 22.3 Å². The summed E-state index contributed by atoms with van der Waals surface area (Å²) >= 11 is 0. The molecule has 0 saturated heterocycles. The summed E-state index contributed by atoms with van der Waals surface area (Å²) in [4.78, 5) is 14.6. The van der Waals surface area contributed by atoms with E-state index in [9.17, 15) is 89.3 Å². The molecule has 0 rings (SSSR count). The first kappa shape index (κ1) is 81.9. The van der Waals surface area contributed by atoms with Gasteiger partial charge < -0.3 is 88.1 Å². The van der Waals surface area contributed by atoms with Crippen LogP contribution in [0.4, 0.5) is 0 Å². The molecular weight excluding hydrogens is 1150 g/mol. The van der Waals surface area contributed by atoms with Crippen LogP contribution < -0.4 is 11.5 Å². The van der Waals surface area contributed by atoms with Gasteiger partial charge in [0.1, 0.15) is 6.10 Å². The molecule has 0 aliphatic carbocycles. The number of carboxylic acid groups (broad SMARTS) is 1. The predicted molar refractivity (Wildman–Crippen MR) is 335 cm³/mol. The highest BCUT2D eigenvalue weighted by Gasteiger charge is 2.31. The molecule has 24 heteroatoms. The van der Waals surface area contributed by atoms with Gasteiger partial charge in [0.2, 0.25) is 0 Å². The fraction of sp³-hybridized carbons (Fsp3) is 0.587. The Bertz CT molecular complexity index is 2380. The summed E-state index contributed by atoms with van der Waals surface area (Å²) in [5, 5.41) is 155. The Morgan fingerprint density at radius 3 is 1.51 bits per heavy atom. The van der Waals surface area contributed by atoms with Gasteiger partial charge in [-0.25, -0.2) is 8.98 Å². The van der Waals surface area contributed by atoms with Gasteiger partial charge in [-0.15, -0.1) is 0 Å². The number of hydrogen-bond acceptors (Lipinski definition) is 19. The monoisotopic (exact) mass is 1250 g/mol. The topological polar surface area (TPSA) is 449 Å². The Morgan fingerprint density at radius 2 is 0.954 bits per heavy atom. The van der Waals surface area contributed by atoms with Gasteiger partial charge in [0, 0.05) is 55.6 Å². The molecule has 18 atom stereocenters. The van der Waals surface area contributed by atoms with Crippen molar-refractivity contribution in [2.45, 2.75) is 209 Å². The number of aliphatic carboxylic acids is 1. The van der Waals surface area contributed by atoms with Crippen molar-refractivity contribution < 1.29 is 98.5 Å². The maximum atomic E-state index is 11.7. The molecule has 18 unspecified atom stereocenters. The number of rotatable bonds is 48. The quantitative estimate of drug-likeness (QED) is 0.00792. The highest BCUT2D eigenvalue weighted by atomic mass is 32.3. The van der Waals surface area contributed by atoms with Crippen molar-refractivity contribution in [2.75, 3.05) is 6.54 Å². The average molecular weight is 1250 g/mol. The summed E-state index contributed by atoms with van der Waals surface area (Å²) in [5.74, 6) is -2.57. The van der Waals surface area contributed by atoms with Crippen LogP contribution >= 0.6 is 0 Å².